The Bertz CT molecular complexity index is 552. The standard InChI is InChI=1S/C12H11F3N2O3/c13-12(14,15)7-19-6-10-16-11(20-17-10)5-8-1-3-9(18)4-2-8/h1-4,18H,5-7H2. The van der Waals surface area contributed by atoms with Crippen molar-refractivity contribution in [3.05, 3.63) is 41.5 Å². The fourth-order valence-corrected chi connectivity index (χ4v) is 1.47. The Morgan fingerprint density at radius 1 is 1.20 bits per heavy atom. The molecule has 8 heteroatoms. The van der Waals surface area contributed by atoms with E-state index in [2.05, 4.69) is 14.9 Å². The second-order valence-electron chi connectivity index (χ2n) is 4.06. The van der Waals surface area contributed by atoms with E-state index in [4.69, 9.17) is 9.63 Å². The average molecular weight is 288 g/mol. The van der Waals surface area contributed by atoms with Gasteiger partial charge < -0.3 is 14.4 Å². The van der Waals surface area contributed by atoms with Crippen LogP contribution < -0.4 is 0 Å². The monoisotopic (exact) mass is 288 g/mol. The van der Waals surface area contributed by atoms with Crippen LogP contribution in [0.2, 0.25) is 0 Å². The summed E-state index contributed by atoms with van der Waals surface area (Å²) >= 11 is 0. The first-order valence-corrected chi connectivity index (χ1v) is 5.66. The third-order valence-corrected chi connectivity index (χ3v) is 2.30. The van der Waals surface area contributed by atoms with E-state index in [1.165, 1.54) is 12.1 Å². The van der Waals surface area contributed by atoms with Crippen LogP contribution in [-0.4, -0.2) is 28.0 Å². The highest BCUT2D eigenvalue weighted by Crippen LogP contribution is 2.16. The van der Waals surface area contributed by atoms with Crippen molar-refractivity contribution in [1.82, 2.24) is 10.1 Å². The van der Waals surface area contributed by atoms with Crippen LogP contribution in [0.15, 0.2) is 28.8 Å². The lowest BCUT2D eigenvalue weighted by atomic mass is 10.1. The normalized spacial score (nSPS) is 11.8. The molecular weight excluding hydrogens is 277 g/mol. The molecule has 2 rings (SSSR count). The zero-order valence-electron chi connectivity index (χ0n) is 10.2. The van der Waals surface area contributed by atoms with Crippen molar-refractivity contribution < 1.29 is 27.5 Å². The first-order valence-electron chi connectivity index (χ1n) is 5.66. The van der Waals surface area contributed by atoms with Crippen LogP contribution in [-0.2, 0) is 17.8 Å². The molecular formula is C12H11F3N2O3. The molecule has 108 valence electrons. The molecule has 1 aromatic heterocycles. The summed E-state index contributed by atoms with van der Waals surface area (Å²) in [6.45, 7) is -1.71. The van der Waals surface area contributed by atoms with Crippen LogP contribution in [0.3, 0.4) is 0 Å². The summed E-state index contributed by atoms with van der Waals surface area (Å²) in [5, 5.41) is 12.7. The van der Waals surface area contributed by atoms with Crippen molar-refractivity contribution in [3.8, 4) is 5.75 Å². The molecule has 0 bridgehead atoms. The fraction of sp³-hybridized carbons (Fsp3) is 0.333. The number of phenolic OH excluding ortho intramolecular Hbond substituents is 1. The van der Waals surface area contributed by atoms with Crippen LogP contribution >= 0.6 is 0 Å². The Labute approximate surface area is 112 Å². The van der Waals surface area contributed by atoms with E-state index < -0.39 is 12.8 Å². The van der Waals surface area contributed by atoms with Gasteiger partial charge in [-0.1, -0.05) is 17.3 Å². The van der Waals surface area contributed by atoms with Gasteiger partial charge in [-0.2, -0.15) is 18.2 Å². The molecule has 1 heterocycles. The van der Waals surface area contributed by atoms with Gasteiger partial charge in [-0.25, -0.2) is 0 Å². The Morgan fingerprint density at radius 3 is 2.55 bits per heavy atom. The number of hydrogen-bond donors (Lipinski definition) is 1. The number of nitrogens with zero attached hydrogens (tertiary/aromatic N) is 2. The molecule has 1 aromatic carbocycles. The lowest BCUT2D eigenvalue weighted by molar-refractivity contribution is -0.177. The van der Waals surface area contributed by atoms with Gasteiger partial charge in [0.05, 0.1) is 6.42 Å². The third-order valence-electron chi connectivity index (χ3n) is 2.30. The number of alkyl halides is 3. The first kappa shape index (κ1) is 14.3. The second kappa shape index (κ2) is 5.91. The van der Waals surface area contributed by atoms with Gasteiger partial charge in [-0.05, 0) is 17.7 Å². The van der Waals surface area contributed by atoms with Crippen LogP contribution in [0.25, 0.3) is 0 Å². The van der Waals surface area contributed by atoms with Crippen molar-refractivity contribution in [2.75, 3.05) is 6.61 Å². The molecule has 20 heavy (non-hydrogen) atoms. The molecule has 0 aliphatic rings. The molecule has 0 saturated heterocycles. The SMILES string of the molecule is Oc1ccc(Cc2nc(COCC(F)(F)F)no2)cc1. The highest BCUT2D eigenvalue weighted by Gasteiger charge is 2.27. The van der Waals surface area contributed by atoms with Crippen molar-refractivity contribution in [2.24, 2.45) is 0 Å². The van der Waals surface area contributed by atoms with E-state index in [9.17, 15) is 13.2 Å². The maximum atomic E-state index is 11.9. The molecule has 0 unspecified atom stereocenters. The first-order chi connectivity index (χ1) is 9.42. The minimum absolute atomic E-state index is 0.0584. The Morgan fingerprint density at radius 2 is 1.90 bits per heavy atom. The number of phenols is 1. The minimum atomic E-state index is -4.38. The number of aromatic hydroxyl groups is 1. The molecule has 0 saturated carbocycles. The summed E-state index contributed by atoms with van der Waals surface area (Å²) < 4.78 is 44.9. The molecule has 1 N–H and O–H groups in total. The number of ether oxygens (including phenoxy) is 1. The van der Waals surface area contributed by atoms with E-state index >= 15 is 0 Å². The lowest BCUT2D eigenvalue weighted by Gasteiger charge is -2.04. The quantitative estimate of drug-likeness (QED) is 0.915. The lowest BCUT2D eigenvalue weighted by Crippen LogP contribution is -2.16. The minimum Gasteiger partial charge on any atom is -0.508 e. The van der Waals surface area contributed by atoms with Gasteiger partial charge in [-0.3, -0.25) is 0 Å². The van der Waals surface area contributed by atoms with E-state index in [1.54, 1.807) is 12.1 Å². The highest BCUT2D eigenvalue weighted by atomic mass is 19.4. The number of halogens is 3. The Kier molecular flexibility index (Phi) is 4.23. The molecule has 5 nitrogen and oxygen atoms in total. The molecule has 0 spiro atoms. The molecule has 0 aliphatic carbocycles. The summed E-state index contributed by atoms with van der Waals surface area (Å²) in [6, 6.07) is 6.39. The predicted molar refractivity (Wildman–Crippen MR) is 60.9 cm³/mol. The van der Waals surface area contributed by atoms with Gasteiger partial charge in [0.1, 0.15) is 19.0 Å². The molecule has 0 aliphatic heterocycles. The van der Waals surface area contributed by atoms with E-state index in [-0.39, 0.29) is 24.1 Å². The van der Waals surface area contributed by atoms with Gasteiger partial charge in [0.25, 0.3) is 0 Å². The van der Waals surface area contributed by atoms with Crippen molar-refractivity contribution in [1.29, 1.82) is 0 Å². The maximum absolute atomic E-state index is 11.9. The van der Waals surface area contributed by atoms with Crippen LogP contribution in [0, 0.1) is 0 Å². The second-order valence-corrected chi connectivity index (χ2v) is 4.06. The van der Waals surface area contributed by atoms with Gasteiger partial charge in [0.2, 0.25) is 5.89 Å². The Hall–Kier alpha value is -2.09. The van der Waals surface area contributed by atoms with Crippen LogP contribution in [0.1, 0.15) is 17.3 Å². The van der Waals surface area contributed by atoms with Crippen molar-refractivity contribution in [2.45, 2.75) is 19.2 Å². The fourth-order valence-electron chi connectivity index (χ4n) is 1.47. The van der Waals surface area contributed by atoms with E-state index in [0.29, 0.717) is 6.42 Å². The summed E-state index contributed by atoms with van der Waals surface area (Å²) in [5.41, 5.74) is 0.828. The zero-order valence-corrected chi connectivity index (χ0v) is 10.2. The molecule has 2 aromatic rings. The molecule has 0 radical (unpaired) electrons. The molecule has 0 atom stereocenters. The Balaban J connectivity index is 1.87. The molecule has 0 amide bonds. The van der Waals surface area contributed by atoms with Gasteiger partial charge in [-0.15, -0.1) is 0 Å². The summed E-state index contributed by atoms with van der Waals surface area (Å²) in [5.74, 6) is 0.463. The topological polar surface area (TPSA) is 68.4 Å². The largest absolute Gasteiger partial charge is 0.508 e. The number of aromatic nitrogens is 2. The van der Waals surface area contributed by atoms with Gasteiger partial charge >= 0.3 is 6.18 Å². The maximum Gasteiger partial charge on any atom is 0.411 e. The number of benzene rings is 1. The number of rotatable bonds is 5. The van der Waals surface area contributed by atoms with Crippen LogP contribution in [0.5, 0.6) is 5.75 Å². The summed E-state index contributed by atoms with van der Waals surface area (Å²) in [7, 11) is 0. The van der Waals surface area contributed by atoms with E-state index in [0.717, 1.165) is 5.56 Å². The van der Waals surface area contributed by atoms with Crippen molar-refractivity contribution in [3.63, 3.8) is 0 Å². The predicted octanol–water partition coefficient (Wildman–Crippen LogP) is 2.44. The van der Waals surface area contributed by atoms with Crippen molar-refractivity contribution >= 4 is 0 Å². The van der Waals surface area contributed by atoms with E-state index in [1.807, 2.05) is 0 Å². The third kappa shape index (κ3) is 4.54. The average Bonchev–Trinajstić information content (AvgIpc) is 2.78. The zero-order chi connectivity index (χ0) is 14.6. The summed E-state index contributed by atoms with van der Waals surface area (Å²) in [4.78, 5) is 3.91. The summed E-state index contributed by atoms with van der Waals surface area (Å²) in [6.07, 6.45) is -4.05. The number of hydrogen-bond acceptors (Lipinski definition) is 5. The van der Waals surface area contributed by atoms with Crippen LogP contribution in [0.4, 0.5) is 13.2 Å². The van der Waals surface area contributed by atoms with Gasteiger partial charge in [0.15, 0.2) is 5.82 Å². The molecule has 0 fully saturated rings. The van der Waals surface area contributed by atoms with Gasteiger partial charge in [0, 0.05) is 0 Å². The highest BCUT2D eigenvalue weighted by molar-refractivity contribution is 5.27. The smallest absolute Gasteiger partial charge is 0.411 e.